The number of rotatable bonds is 7. The Labute approximate surface area is 148 Å². The van der Waals surface area contributed by atoms with Crippen LogP contribution < -0.4 is 0 Å². The fourth-order valence-electron chi connectivity index (χ4n) is 2.70. The van der Waals surface area contributed by atoms with Gasteiger partial charge in [-0.3, -0.25) is 4.79 Å². The third kappa shape index (κ3) is 4.54. The zero-order chi connectivity index (χ0) is 18.5. The quantitative estimate of drug-likeness (QED) is 0.777. The molecule has 0 saturated heterocycles. The third-order valence-corrected chi connectivity index (χ3v) is 4.02. The predicted octanol–water partition coefficient (Wildman–Crippen LogP) is 3.88. The van der Waals surface area contributed by atoms with E-state index in [1.807, 2.05) is 48.5 Å². The fraction of sp³-hybridized carbons (Fsp3) is 0.333. The number of ether oxygens (including phenoxy) is 1. The smallest absolute Gasteiger partial charge is 0.344 e. The highest BCUT2D eigenvalue weighted by Crippen LogP contribution is 2.31. The number of benzene rings is 2. The van der Waals surface area contributed by atoms with E-state index in [1.54, 1.807) is 32.9 Å². The van der Waals surface area contributed by atoms with Gasteiger partial charge in [-0.25, -0.2) is 4.79 Å². The number of hydrogen-bond donors (Lipinski definition) is 1. The Hall–Kier alpha value is -2.46. The standard InChI is InChI=1S/C21H24O4/c1-20(2,3)18(22)21(19(23)24,14-16-10-6-4-7-11-16)25-15-17-12-8-5-9-13-17/h4-13H,14-15H2,1-3H3,(H,23,24). The fourth-order valence-corrected chi connectivity index (χ4v) is 2.70. The molecule has 4 nitrogen and oxygen atoms in total. The molecule has 0 aromatic heterocycles. The number of ketones is 1. The Balaban J connectivity index is 2.40. The van der Waals surface area contributed by atoms with E-state index in [0.717, 1.165) is 11.1 Å². The van der Waals surface area contributed by atoms with Crippen molar-refractivity contribution in [2.75, 3.05) is 0 Å². The summed E-state index contributed by atoms with van der Waals surface area (Å²) in [5.41, 5.74) is -1.20. The number of carboxylic acid groups (broad SMARTS) is 1. The summed E-state index contributed by atoms with van der Waals surface area (Å²) in [6.45, 7) is 5.19. The maximum absolute atomic E-state index is 13.0. The van der Waals surface area contributed by atoms with Gasteiger partial charge in [0.15, 0.2) is 5.78 Å². The summed E-state index contributed by atoms with van der Waals surface area (Å²) in [5, 5.41) is 9.95. The van der Waals surface area contributed by atoms with Crippen LogP contribution in [0.15, 0.2) is 60.7 Å². The van der Waals surface area contributed by atoms with Gasteiger partial charge in [0.25, 0.3) is 0 Å². The number of hydrogen-bond acceptors (Lipinski definition) is 3. The molecule has 0 fully saturated rings. The first-order chi connectivity index (χ1) is 11.8. The van der Waals surface area contributed by atoms with Crippen LogP contribution in [-0.2, 0) is 27.4 Å². The van der Waals surface area contributed by atoms with Crippen molar-refractivity contribution in [3.05, 3.63) is 71.8 Å². The summed E-state index contributed by atoms with van der Waals surface area (Å²) >= 11 is 0. The summed E-state index contributed by atoms with van der Waals surface area (Å²) in [5.74, 6) is -1.69. The molecule has 0 saturated carbocycles. The van der Waals surface area contributed by atoms with E-state index in [0.29, 0.717) is 0 Å². The van der Waals surface area contributed by atoms with E-state index in [-0.39, 0.29) is 13.0 Å². The summed E-state index contributed by atoms with van der Waals surface area (Å²) < 4.78 is 5.82. The summed E-state index contributed by atoms with van der Waals surface area (Å²) in [4.78, 5) is 25.2. The molecule has 2 rings (SSSR count). The third-order valence-electron chi connectivity index (χ3n) is 4.02. The van der Waals surface area contributed by atoms with Crippen molar-refractivity contribution >= 4 is 11.8 Å². The number of carbonyl (C=O) groups is 2. The lowest BCUT2D eigenvalue weighted by Gasteiger charge is -2.34. The molecule has 25 heavy (non-hydrogen) atoms. The molecular weight excluding hydrogens is 316 g/mol. The molecule has 4 heteroatoms. The molecule has 0 spiro atoms. The Morgan fingerprint density at radius 1 is 0.880 bits per heavy atom. The molecule has 1 atom stereocenters. The molecule has 0 radical (unpaired) electrons. The number of carbonyl (C=O) groups excluding carboxylic acids is 1. The maximum Gasteiger partial charge on any atom is 0.344 e. The van der Waals surface area contributed by atoms with Crippen LogP contribution in [0.4, 0.5) is 0 Å². The summed E-state index contributed by atoms with van der Waals surface area (Å²) in [7, 11) is 0. The van der Waals surface area contributed by atoms with E-state index in [2.05, 4.69) is 0 Å². The summed E-state index contributed by atoms with van der Waals surface area (Å²) in [6, 6.07) is 18.4. The van der Waals surface area contributed by atoms with Gasteiger partial charge in [0.2, 0.25) is 5.60 Å². The van der Waals surface area contributed by atoms with Crippen molar-refractivity contribution in [1.82, 2.24) is 0 Å². The lowest BCUT2D eigenvalue weighted by Crippen LogP contribution is -2.55. The summed E-state index contributed by atoms with van der Waals surface area (Å²) in [6.07, 6.45) is -0.00783. The van der Waals surface area contributed by atoms with Gasteiger partial charge in [-0.05, 0) is 11.1 Å². The van der Waals surface area contributed by atoms with Crippen LogP contribution in [0.3, 0.4) is 0 Å². The van der Waals surface area contributed by atoms with Crippen LogP contribution in [0.25, 0.3) is 0 Å². The van der Waals surface area contributed by atoms with Gasteiger partial charge < -0.3 is 9.84 Å². The predicted molar refractivity (Wildman–Crippen MR) is 96.2 cm³/mol. The molecule has 0 aliphatic rings. The molecule has 0 aliphatic heterocycles. The molecule has 0 bridgehead atoms. The average Bonchev–Trinajstić information content (AvgIpc) is 2.59. The molecule has 0 amide bonds. The minimum atomic E-state index is -1.92. The SMILES string of the molecule is CC(C)(C)C(=O)C(Cc1ccccc1)(OCc1ccccc1)C(=O)O. The average molecular weight is 340 g/mol. The van der Waals surface area contributed by atoms with Crippen molar-refractivity contribution in [3.8, 4) is 0 Å². The monoisotopic (exact) mass is 340 g/mol. The van der Waals surface area contributed by atoms with E-state index in [9.17, 15) is 14.7 Å². The second kappa shape index (κ2) is 7.62. The molecule has 2 aromatic carbocycles. The van der Waals surface area contributed by atoms with Crippen molar-refractivity contribution in [2.45, 2.75) is 39.4 Å². The second-order valence-corrected chi connectivity index (χ2v) is 7.15. The normalized spacial score (nSPS) is 13.9. The van der Waals surface area contributed by atoms with Crippen molar-refractivity contribution < 1.29 is 19.4 Å². The van der Waals surface area contributed by atoms with Gasteiger partial charge in [0.05, 0.1) is 6.61 Å². The molecule has 1 unspecified atom stereocenters. The lowest BCUT2D eigenvalue weighted by atomic mass is 9.77. The highest BCUT2D eigenvalue weighted by molar-refractivity contribution is 6.09. The van der Waals surface area contributed by atoms with Crippen LogP contribution in [0.5, 0.6) is 0 Å². The first-order valence-corrected chi connectivity index (χ1v) is 8.26. The van der Waals surface area contributed by atoms with Crippen LogP contribution in [0.2, 0.25) is 0 Å². The second-order valence-electron chi connectivity index (χ2n) is 7.15. The van der Waals surface area contributed by atoms with Crippen LogP contribution in [-0.4, -0.2) is 22.5 Å². The van der Waals surface area contributed by atoms with E-state index in [4.69, 9.17) is 4.74 Å². The van der Waals surface area contributed by atoms with E-state index >= 15 is 0 Å². The van der Waals surface area contributed by atoms with Gasteiger partial charge >= 0.3 is 5.97 Å². The van der Waals surface area contributed by atoms with Crippen LogP contribution >= 0.6 is 0 Å². The highest BCUT2D eigenvalue weighted by Gasteiger charge is 2.51. The first-order valence-electron chi connectivity index (χ1n) is 8.26. The van der Waals surface area contributed by atoms with Crippen molar-refractivity contribution in [3.63, 3.8) is 0 Å². The number of aliphatic carboxylic acids is 1. The minimum Gasteiger partial charge on any atom is -0.479 e. The van der Waals surface area contributed by atoms with E-state index < -0.39 is 22.8 Å². The Bertz CT molecular complexity index is 717. The van der Waals surface area contributed by atoms with Gasteiger partial charge in [-0.1, -0.05) is 81.4 Å². The van der Waals surface area contributed by atoms with Gasteiger partial charge in [-0.15, -0.1) is 0 Å². The van der Waals surface area contributed by atoms with Gasteiger partial charge in [-0.2, -0.15) is 0 Å². The van der Waals surface area contributed by atoms with Crippen LogP contribution in [0, 0.1) is 5.41 Å². The van der Waals surface area contributed by atoms with Gasteiger partial charge in [0, 0.05) is 11.8 Å². The zero-order valence-electron chi connectivity index (χ0n) is 14.9. The van der Waals surface area contributed by atoms with E-state index in [1.165, 1.54) is 0 Å². The lowest BCUT2D eigenvalue weighted by molar-refractivity contribution is -0.178. The minimum absolute atomic E-state index is 0.00783. The van der Waals surface area contributed by atoms with Crippen molar-refractivity contribution in [2.24, 2.45) is 5.41 Å². The molecule has 132 valence electrons. The molecular formula is C21H24O4. The number of carboxylic acids is 1. The first kappa shape index (κ1) is 18.9. The molecule has 1 N–H and O–H groups in total. The zero-order valence-corrected chi connectivity index (χ0v) is 14.9. The highest BCUT2D eigenvalue weighted by atomic mass is 16.5. The van der Waals surface area contributed by atoms with Crippen molar-refractivity contribution in [1.29, 1.82) is 0 Å². The largest absolute Gasteiger partial charge is 0.479 e. The maximum atomic E-state index is 13.0. The Kier molecular flexibility index (Phi) is 5.75. The topological polar surface area (TPSA) is 63.6 Å². The molecule has 0 heterocycles. The Morgan fingerprint density at radius 3 is 1.80 bits per heavy atom. The molecule has 2 aromatic rings. The molecule has 0 aliphatic carbocycles. The van der Waals surface area contributed by atoms with Gasteiger partial charge in [0.1, 0.15) is 0 Å². The van der Waals surface area contributed by atoms with Crippen LogP contribution in [0.1, 0.15) is 31.9 Å². The Morgan fingerprint density at radius 2 is 1.36 bits per heavy atom. The number of Topliss-reactive ketones (excluding diaryl/α,β-unsaturated/α-hetero) is 1.